The van der Waals surface area contributed by atoms with Gasteiger partial charge in [-0.3, -0.25) is 9.89 Å². The summed E-state index contributed by atoms with van der Waals surface area (Å²) in [6.07, 6.45) is 0. The van der Waals surface area contributed by atoms with Crippen LogP contribution in [0.3, 0.4) is 0 Å². The van der Waals surface area contributed by atoms with Crippen molar-refractivity contribution in [3.8, 4) is 0 Å². The Balaban J connectivity index is 2.05. The van der Waals surface area contributed by atoms with Crippen molar-refractivity contribution in [1.29, 1.82) is 0 Å². The van der Waals surface area contributed by atoms with Gasteiger partial charge in [-0.25, -0.2) is 0 Å². The molecule has 4 N–H and O–H groups in total. The molecule has 1 aromatic heterocycles. The second-order valence-electron chi connectivity index (χ2n) is 3.88. The van der Waals surface area contributed by atoms with Crippen LogP contribution in [0.5, 0.6) is 0 Å². The smallest absolute Gasteiger partial charge is 0.274 e. The van der Waals surface area contributed by atoms with Crippen LogP contribution in [-0.2, 0) is 6.54 Å². The first-order chi connectivity index (χ1) is 8.59. The number of nitrogens with two attached hydrogens (primary N) is 1. The molecular formula is C12H13BrN4O. The Morgan fingerprint density at radius 3 is 2.83 bits per heavy atom. The average molecular weight is 309 g/mol. The number of H-pyrrole nitrogens is 1. The zero-order valence-electron chi connectivity index (χ0n) is 9.83. The van der Waals surface area contributed by atoms with Gasteiger partial charge in [-0.1, -0.05) is 34.1 Å². The first kappa shape index (κ1) is 12.6. The monoisotopic (exact) mass is 308 g/mol. The van der Waals surface area contributed by atoms with Crippen molar-refractivity contribution in [2.75, 3.05) is 5.73 Å². The quantitative estimate of drug-likeness (QED) is 0.811. The molecule has 2 rings (SSSR count). The van der Waals surface area contributed by atoms with Crippen LogP contribution in [0.15, 0.2) is 28.7 Å². The number of benzene rings is 1. The second kappa shape index (κ2) is 5.22. The first-order valence-electron chi connectivity index (χ1n) is 5.41. The highest BCUT2D eigenvalue weighted by Crippen LogP contribution is 2.16. The maximum Gasteiger partial charge on any atom is 0.274 e. The maximum absolute atomic E-state index is 11.9. The Morgan fingerprint density at radius 2 is 2.22 bits per heavy atom. The van der Waals surface area contributed by atoms with E-state index in [4.69, 9.17) is 5.73 Å². The molecule has 0 radical (unpaired) electrons. The van der Waals surface area contributed by atoms with Gasteiger partial charge in [0.05, 0.1) is 11.4 Å². The number of nitrogens with zero attached hydrogens (tertiary/aromatic N) is 1. The number of amides is 1. The summed E-state index contributed by atoms with van der Waals surface area (Å²) in [5.41, 5.74) is 8.06. The minimum absolute atomic E-state index is 0.236. The van der Waals surface area contributed by atoms with Crippen LogP contribution in [0.2, 0.25) is 0 Å². The van der Waals surface area contributed by atoms with E-state index in [0.717, 1.165) is 10.0 Å². The Bertz CT molecular complexity index is 579. The van der Waals surface area contributed by atoms with Crippen molar-refractivity contribution in [3.63, 3.8) is 0 Å². The van der Waals surface area contributed by atoms with Crippen LogP contribution >= 0.6 is 15.9 Å². The van der Waals surface area contributed by atoms with E-state index < -0.39 is 0 Å². The van der Waals surface area contributed by atoms with Gasteiger partial charge in [0.25, 0.3) is 5.91 Å². The molecule has 0 bridgehead atoms. The topological polar surface area (TPSA) is 83.8 Å². The molecule has 0 saturated heterocycles. The van der Waals surface area contributed by atoms with Gasteiger partial charge in [-0.2, -0.15) is 5.10 Å². The summed E-state index contributed by atoms with van der Waals surface area (Å²) in [6, 6.07) is 7.70. The van der Waals surface area contributed by atoms with Gasteiger partial charge in [0.15, 0.2) is 5.69 Å². The first-order valence-corrected chi connectivity index (χ1v) is 6.21. The molecule has 2 aromatic rings. The molecule has 0 aliphatic carbocycles. The van der Waals surface area contributed by atoms with Crippen molar-refractivity contribution in [2.45, 2.75) is 13.5 Å². The molecule has 0 spiro atoms. The third-order valence-electron chi connectivity index (χ3n) is 2.61. The number of nitrogen functional groups attached to an aromatic ring is 1. The van der Waals surface area contributed by atoms with E-state index in [2.05, 4.69) is 31.4 Å². The number of carbonyl (C=O) groups excluding carboxylic acids is 1. The average Bonchev–Trinajstić information content (AvgIpc) is 2.69. The summed E-state index contributed by atoms with van der Waals surface area (Å²) in [6.45, 7) is 2.19. The lowest BCUT2D eigenvalue weighted by atomic mass is 10.2. The van der Waals surface area contributed by atoms with E-state index in [0.29, 0.717) is 17.9 Å². The highest BCUT2D eigenvalue weighted by molar-refractivity contribution is 9.10. The van der Waals surface area contributed by atoms with E-state index in [9.17, 15) is 4.79 Å². The molecular weight excluding hydrogens is 296 g/mol. The number of aryl methyl sites for hydroxylation is 1. The standard InChI is InChI=1S/C12H13BrN4O/c1-7-10(14)11(17-16-7)12(18)15-6-8-4-2-3-5-9(8)13/h2-5H,6,14H2,1H3,(H,15,18)(H,16,17). The van der Waals surface area contributed by atoms with Gasteiger partial charge in [-0.15, -0.1) is 0 Å². The van der Waals surface area contributed by atoms with Crippen LogP contribution in [0.25, 0.3) is 0 Å². The van der Waals surface area contributed by atoms with E-state index in [-0.39, 0.29) is 11.6 Å². The highest BCUT2D eigenvalue weighted by Gasteiger charge is 2.14. The molecule has 0 saturated carbocycles. The number of aromatic amines is 1. The summed E-state index contributed by atoms with van der Waals surface area (Å²) in [5, 5.41) is 9.34. The summed E-state index contributed by atoms with van der Waals surface area (Å²) < 4.78 is 0.955. The number of hydrogen-bond acceptors (Lipinski definition) is 3. The summed E-state index contributed by atoms with van der Waals surface area (Å²) >= 11 is 3.42. The van der Waals surface area contributed by atoms with E-state index >= 15 is 0 Å². The number of anilines is 1. The second-order valence-corrected chi connectivity index (χ2v) is 4.74. The van der Waals surface area contributed by atoms with Crippen LogP contribution < -0.4 is 11.1 Å². The summed E-state index contributed by atoms with van der Waals surface area (Å²) in [7, 11) is 0. The number of rotatable bonds is 3. The van der Waals surface area contributed by atoms with Crippen molar-refractivity contribution < 1.29 is 4.79 Å². The lowest BCUT2D eigenvalue weighted by Crippen LogP contribution is -2.24. The van der Waals surface area contributed by atoms with Crippen LogP contribution in [0.1, 0.15) is 21.7 Å². The molecule has 18 heavy (non-hydrogen) atoms. The van der Waals surface area contributed by atoms with Crippen LogP contribution in [-0.4, -0.2) is 16.1 Å². The van der Waals surface area contributed by atoms with Crippen LogP contribution in [0.4, 0.5) is 5.69 Å². The third-order valence-corrected chi connectivity index (χ3v) is 3.38. The molecule has 0 atom stereocenters. The Kier molecular flexibility index (Phi) is 3.66. The molecule has 6 heteroatoms. The molecule has 1 heterocycles. The van der Waals surface area contributed by atoms with Gasteiger partial charge in [0.1, 0.15) is 0 Å². The lowest BCUT2D eigenvalue weighted by Gasteiger charge is -2.06. The summed E-state index contributed by atoms with van der Waals surface area (Å²) in [5.74, 6) is -0.285. The molecule has 0 unspecified atom stereocenters. The third kappa shape index (κ3) is 2.53. The van der Waals surface area contributed by atoms with Gasteiger partial charge < -0.3 is 11.1 Å². The normalized spacial score (nSPS) is 10.3. The minimum atomic E-state index is -0.285. The zero-order valence-corrected chi connectivity index (χ0v) is 11.4. The Labute approximate surface area is 113 Å². The SMILES string of the molecule is Cc1[nH]nc(C(=O)NCc2ccccc2Br)c1N. The molecule has 0 aliphatic heterocycles. The fourth-order valence-corrected chi connectivity index (χ4v) is 1.94. The molecule has 94 valence electrons. The molecule has 5 nitrogen and oxygen atoms in total. The predicted molar refractivity (Wildman–Crippen MR) is 73.0 cm³/mol. The fourth-order valence-electron chi connectivity index (χ4n) is 1.51. The van der Waals surface area contributed by atoms with E-state index in [1.807, 2.05) is 24.3 Å². The van der Waals surface area contributed by atoms with E-state index in [1.165, 1.54) is 0 Å². The van der Waals surface area contributed by atoms with Crippen molar-refractivity contribution >= 4 is 27.5 Å². The maximum atomic E-state index is 11.9. The van der Waals surface area contributed by atoms with Gasteiger partial charge >= 0.3 is 0 Å². The van der Waals surface area contributed by atoms with Crippen molar-refractivity contribution in [2.24, 2.45) is 0 Å². The number of carbonyl (C=O) groups is 1. The molecule has 0 aliphatic rings. The predicted octanol–water partition coefficient (Wildman–Crippen LogP) is 1.99. The highest BCUT2D eigenvalue weighted by atomic mass is 79.9. The fraction of sp³-hybridized carbons (Fsp3) is 0.167. The Morgan fingerprint density at radius 1 is 1.50 bits per heavy atom. The molecule has 1 amide bonds. The number of hydrogen-bond donors (Lipinski definition) is 3. The number of halogens is 1. The molecule has 1 aromatic carbocycles. The number of nitrogens with one attached hydrogen (secondary N) is 2. The number of aromatic nitrogens is 2. The van der Waals surface area contributed by atoms with Gasteiger partial charge in [0, 0.05) is 11.0 Å². The van der Waals surface area contributed by atoms with Gasteiger partial charge in [-0.05, 0) is 18.6 Å². The minimum Gasteiger partial charge on any atom is -0.395 e. The van der Waals surface area contributed by atoms with E-state index in [1.54, 1.807) is 6.92 Å². The molecule has 0 fully saturated rings. The Hall–Kier alpha value is -1.82. The zero-order chi connectivity index (χ0) is 13.1. The van der Waals surface area contributed by atoms with Gasteiger partial charge in [0.2, 0.25) is 0 Å². The lowest BCUT2D eigenvalue weighted by molar-refractivity contribution is 0.0946. The van der Waals surface area contributed by atoms with Crippen molar-refractivity contribution in [1.82, 2.24) is 15.5 Å². The summed E-state index contributed by atoms with van der Waals surface area (Å²) in [4.78, 5) is 11.9. The van der Waals surface area contributed by atoms with Crippen molar-refractivity contribution in [3.05, 3.63) is 45.7 Å². The largest absolute Gasteiger partial charge is 0.395 e. The van der Waals surface area contributed by atoms with Crippen LogP contribution in [0, 0.1) is 6.92 Å².